The summed E-state index contributed by atoms with van der Waals surface area (Å²) in [6.07, 6.45) is 0. The van der Waals surface area contributed by atoms with Gasteiger partial charge in [-0.05, 0) is 36.4 Å². The molecule has 2 aromatic rings. The van der Waals surface area contributed by atoms with Crippen LogP contribution in [0.25, 0.3) is 0 Å². The Kier molecular flexibility index (Phi) is 5.50. The molecule has 0 saturated heterocycles. The summed E-state index contributed by atoms with van der Waals surface area (Å²) in [5.41, 5.74) is 1.40. The highest BCUT2D eigenvalue weighted by atomic mass is 79.9. The molecule has 0 aliphatic heterocycles. The van der Waals surface area contributed by atoms with Crippen molar-refractivity contribution in [3.63, 3.8) is 0 Å². The van der Waals surface area contributed by atoms with E-state index in [0.717, 1.165) is 4.47 Å². The first-order valence-corrected chi connectivity index (χ1v) is 7.73. The molecular formula is C17H16BrFN2O2. The second-order valence-corrected chi connectivity index (χ2v) is 6.07. The summed E-state index contributed by atoms with van der Waals surface area (Å²) in [7, 11) is 1.60. The van der Waals surface area contributed by atoms with E-state index in [0.29, 0.717) is 16.8 Å². The van der Waals surface area contributed by atoms with Gasteiger partial charge in [0.2, 0.25) is 5.91 Å². The summed E-state index contributed by atoms with van der Waals surface area (Å²) in [5.74, 6) is -0.824. The van der Waals surface area contributed by atoms with Crippen LogP contribution in [0.5, 0.6) is 0 Å². The monoisotopic (exact) mass is 378 g/mol. The lowest BCUT2D eigenvalue weighted by Gasteiger charge is -2.18. The van der Waals surface area contributed by atoms with Crippen molar-refractivity contribution in [2.45, 2.75) is 13.5 Å². The first kappa shape index (κ1) is 17.1. The Balaban J connectivity index is 2.16. The molecule has 0 heterocycles. The fourth-order valence-corrected chi connectivity index (χ4v) is 2.55. The smallest absolute Gasteiger partial charge is 0.253 e. The predicted molar refractivity (Wildman–Crippen MR) is 90.6 cm³/mol. The van der Waals surface area contributed by atoms with E-state index in [1.807, 2.05) is 0 Å². The molecule has 23 heavy (non-hydrogen) atoms. The summed E-state index contributed by atoms with van der Waals surface area (Å²) < 4.78 is 14.5. The van der Waals surface area contributed by atoms with Gasteiger partial charge in [-0.3, -0.25) is 9.59 Å². The molecule has 4 nitrogen and oxygen atoms in total. The number of hydrogen-bond acceptors (Lipinski definition) is 2. The number of rotatable bonds is 4. The lowest BCUT2D eigenvalue weighted by molar-refractivity contribution is -0.114. The van der Waals surface area contributed by atoms with Gasteiger partial charge in [-0.15, -0.1) is 0 Å². The molecule has 0 atom stereocenters. The van der Waals surface area contributed by atoms with Crippen LogP contribution >= 0.6 is 15.9 Å². The number of anilines is 1. The Morgan fingerprint density at radius 2 is 1.96 bits per heavy atom. The van der Waals surface area contributed by atoms with Crippen LogP contribution in [-0.4, -0.2) is 23.8 Å². The number of amides is 2. The van der Waals surface area contributed by atoms with Crippen LogP contribution in [0.2, 0.25) is 0 Å². The van der Waals surface area contributed by atoms with E-state index in [9.17, 15) is 14.0 Å². The van der Waals surface area contributed by atoms with Crippen LogP contribution in [0, 0.1) is 5.82 Å². The third-order valence-corrected chi connectivity index (χ3v) is 3.69. The molecule has 0 radical (unpaired) electrons. The van der Waals surface area contributed by atoms with Gasteiger partial charge in [0.25, 0.3) is 5.91 Å². The minimum atomic E-state index is -0.361. The van der Waals surface area contributed by atoms with Crippen LogP contribution in [0.4, 0.5) is 10.1 Å². The zero-order valence-electron chi connectivity index (χ0n) is 12.8. The summed E-state index contributed by atoms with van der Waals surface area (Å²) in [5, 5.41) is 2.63. The van der Waals surface area contributed by atoms with Gasteiger partial charge in [0.15, 0.2) is 0 Å². The molecule has 0 aliphatic carbocycles. The fraction of sp³-hybridized carbons (Fsp3) is 0.176. The maximum Gasteiger partial charge on any atom is 0.253 e. The Labute approximate surface area is 142 Å². The van der Waals surface area contributed by atoms with Crippen molar-refractivity contribution in [2.75, 3.05) is 12.4 Å². The normalized spacial score (nSPS) is 10.3. The first-order valence-electron chi connectivity index (χ1n) is 6.94. The van der Waals surface area contributed by atoms with Crippen LogP contribution < -0.4 is 5.32 Å². The van der Waals surface area contributed by atoms with Crippen molar-refractivity contribution >= 4 is 33.4 Å². The number of benzene rings is 2. The minimum absolute atomic E-state index is 0.147. The third kappa shape index (κ3) is 4.63. The molecule has 2 rings (SSSR count). The molecular weight excluding hydrogens is 363 g/mol. The van der Waals surface area contributed by atoms with Crippen molar-refractivity contribution in [3.8, 4) is 0 Å². The van der Waals surface area contributed by atoms with Crippen LogP contribution in [-0.2, 0) is 11.3 Å². The number of carbonyl (C=O) groups excluding carboxylic acids is 2. The molecule has 2 amide bonds. The molecule has 0 aromatic heterocycles. The van der Waals surface area contributed by atoms with Crippen LogP contribution in [0.15, 0.2) is 46.9 Å². The fourth-order valence-electron chi connectivity index (χ4n) is 2.15. The Morgan fingerprint density at radius 3 is 2.65 bits per heavy atom. The maximum atomic E-state index is 13.8. The molecule has 0 fully saturated rings. The molecule has 2 aromatic carbocycles. The predicted octanol–water partition coefficient (Wildman–Crippen LogP) is 3.82. The molecule has 120 valence electrons. The molecule has 0 spiro atoms. The summed E-state index contributed by atoms with van der Waals surface area (Å²) in [6.45, 7) is 1.55. The van der Waals surface area contributed by atoms with Crippen molar-refractivity contribution in [2.24, 2.45) is 0 Å². The summed E-state index contributed by atoms with van der Waals surface area (Å²) in [6, 6.07) is 11.2. The molecule has 1 N–H and O–H groups in total. The zero-order chi connectivity index (χ0) is 17.0. The van der Waals surface area contributed by atoms with Gasteiger partial charge in [-0.2, -0.15) is 0 Å². The van der Waals surface area contributed by atoms with E-state index in [1.54, 1.807) is 43.4 Å². The Bertz CT molecular complexity index is 749. The van der Waals surface area contributed by atoms with E-state index >= 15 is 0 Å². The van der Waals surface area contributed by atoms with Crippen LogP contribution in [0.1, 0.15) is 22.8 Å². The van der Waals surface area contributed by atoms with E-state index in [1.165, 1.54) is 17.9 Å². The standard InChI is InChI=1S/C17H16BrFN2O2/c1-11(22)20-15-5-3-4-12(9-15)17(23)21(2)10-13-8-14(18)6-7-16(13)19/h3-9H,10H2,1-2H3,(H,20,22). The maximum absolute atomic E-state index is 13.8. The molecule has 0 unspecified atom stereocenters. The van der Waals surface area contributed by atoms with Gasteiger partial charge in [-0.25, -0.2) is 4.39 Å². The van der Waals surface area contributed by atoms with Crippen molar-refractivity contribution < 1.29 is 14.0 Å². The summed E-state index contributed by atoms with van der Waals surface area (Å²) >= 11 is 3.29. The van der Waals surface area contributed by atoms with Crippen molar-refractivity contribution in [1.82, 2.24) is 4.90 Å². The van der Waals surface area contributed by atoms with Crippen LogP contribution in [0.3, 0.4) is 0 Å². The average Bonchev–Trinajstić information content (AvgIpc) is 2.49. The lowest BCUT2D eigenvalue weighted by Crippen LogP contribution is -2.26. The van der Waals surface area contributed by atoms with Gasteiger partial charge in [0, 0.05) is 41.8 Å². The number of nitrogens with one attached hydrogen (secondary N) is 1. The molecule has 0 bridgehead atoms. The zero-order valence-corrected chi connectivity index (χ0v) is 14.4. The highest BCUT2D eigenvalue weighted by Gasteiger charge is 2.14. The number of carbonyl (C=O) groups is 2. The van der Waals surface area contributed by atoms with E-state index < -0.39 is 0 Å². The largest absolute Gasteiger partial charge is 0.337 e. The second-order valence-electron chi connectivity index (χ2n) is 5.16. The van der Waals surface area contributed by atoms with Gasteiger partial charge < -0.3 is 10.2 Å². The van der Waals surface area contributed by atoms with Gasteiger partial charge >= 0.3 is 0 Å². The second kappa shape index (κ2) is 7.37. The van der Waals surface area contributed by atoms with E-state index in [4.69, 9.17) is 0 Å². The Hall–Kier alpha value is -2.21. The number of halogens is 2. The topological polar surface area (TPSA) is 49.4 Å². The van der Waals surface area contributed by atoms with Crippen molar-refractivity contribution in [3.05, 3.63) is 63.9 Å². The first-order chi connectivity index (χ1) is 10.9. The molecule has 6 heteroatoms. The molecule has 0 aliphatic rings. The molecule has 0 saturated carbocycles. The quantitative estimate of drug-likeness (QED) is 0.878. The number of nitrogens with zero attached hydrogens (tertiary/aromatic N) is 1. The third-order valence-electron chi connectivity index (χ3n) is 3.19. The number of hydrogen-bond donors (Lipinski definition) is 1. The Morgan fingerprint density at radius 1 is 1.22 bits per heavy atom. The minimum Gasteiger partial charge on any atom is -0.337 e. The highest BCUT2D eigenvalue weighted by molar-refractivity contribution is 9.10. The van der Waals surface area contributed by atoms with Gasteiger partial charge in [-0.1, -0.05) is 22.0 Å². The average molecular weight is 379 g/mol. The van der Waals surface area contributed by atoms with Gasteiger partial charge in [0.05, 0.1) is 0 Å². The van der Waals surface area contributed by atoms with Crippen molar-refractivity contribution in [1.29, 1.82) is 0 Å². The van der Waals surface area contributed by atoms with Gasteiger partial charge in [0.1, 0.15) is 5.82 Å². The summed E-state index contributed by atoms with van der Waals surface area (Å²) in [4.78, 5) is 25.0. The van der Waals surface area contributed by atoms with E-state index in [2.05, 4.69) is 21.2 Å². The lowest BCUT2D eigenvalue weighted by atomic mass is 10.1. The SMILES string of the molecule is CC(=O)Nc1cccc(C(=O)N(C)Cc2cc(Br)ccc2F)c1. The highest BCUT2D eigenvalue weighted by Crippen LogP contribution is 2.18. The van der Waals surface area contributed by atoms with E-state index in [-0.39, 0.29) is 24.2 Å².